The van der Waals surface area contributed by atoms with Gasteiger partial charge < -0.3 is 9.47 Å². The van der Waals surface area contributed by atoms with Crippen LogP contribution in [0.15, 0.2) is 65.6 Å². The Bertz CT molecular complexity index is 925. The molecule has 0 saturated carbocycles. The molecule has 0 bridgehead atoms. The Balaban J connectivity index is 2.01. The van der Waals surface area contributed by atoms with E-state index >= 15 is 0 Å². The van der Waals surface area contributed by atoms with Crippen LogP contribution in [-0.2, 0) is 16.3 Å². The predicted molar refractivity (Wildman–Crippen MR) is 99.5 cm³/mol. The van der Waals surface area contributed by atoms with Gasteiger partial charge in [-0.1, -0.05) is 42.5 Å². The van der Waals surface area contributed by atoms with Crippen LogP contribution < -0.4 is 9.47 Å². The lowest BCUT2D eigenvalue weighted by Gasteiger charge is -2.18. The van der Waals surface area contributed by atoms with E-state index in [1.807, 2.05) is 42.5 Å². The molecule has 0 fully saturated rings. The van der Waals surface area contributed by atoms with Gasteiger partial charge in [0.1, 0.15) is 11.5 Å². The number of ether oxygens (including phenoxy) is 2. The van der Waals surface area contributed by atoms with Crippen molar-refractivity contribution in [2.75, 3.05) is 20.0 Å². The van der Waals surface area contributed by atoms with Crippen molar-refractivity contribution in [1.29, 1.82) is 0 Å². The molecule has 1 aliphatic rings. The average molecular weight is 356 g/mol. The van der Waals surface area contributed by atoms with Crippen molar-refractivity contribution in [1.82, 2.24) is 0 Å². The minimum absolute atomic E-state index is 0.0282. The molecule has 1 heterocycles. The summed E-state index contributed by atoms with van der Waals surface area (Å²) in [6.07, 6.45) is 2.25. The highest BCUT2D eigenvalue weighted by Crippen LogP contribution is 2.33. The largest absolute Gasteiger partial charge is 0.497 e. The van der Waals surface area contributed by atoms with E-state index in [2.05, 4.69) is 0 Å². The van der Waals surface area contributed by atoms with E-state index in [1.54, 1.807) is 26.4 Å². The summed E-state index contributed by atoms with van der Waals surface area (Å²) >= 11 is 0. The molecular formula is C20H20O4S. The van der Waals surface area contributed by atoms with Gasteiger partial charge in [0.25, 0.3) is 0 Å². The van der Waals surface area contributed by atoms with Gasteiger partial charge in [-0.2, -0.15) is 0 Å². The first-order valence-electron chi connectivity index (χ1n) is 7.92. The van der Waals surface area contributed by atoms with Crippen LogP contribution in [0.4, 0.5) is 0 Å². The van der Waals surface area contributed by atoms with Crippen molar-refractivity contribution >= 4 is 15.4 Å². The Morgan fingerprint density at radius 1 is 1.00 bits per heavy atom. The van der Waals surface area contributed by atoms with Crippen molar-refractivity contribution in [2.24, 2.45) is 0 Å². The molecular weight excluding hydrogens is 336 g/mol. The highest BCUT2D eigenvalue weighted by Gasteiger charge is 2.20. The Kier molecular flexibility index (Phi) is 4.95. The number of hydrogen-bond acceptors (Lipinski definition) is 4. The average Bonchev–Trinajstić information content (AvgIpc) is 2.62. The Morgan fingerprint density at radius 2 is 1.76 bits per heavy atom. The molecule has 4 nitrogen and oxygen atoms in total. The van der Waals surface area contributed by atoms with Gasteiger partial charge in [0, 0.05) is 17.9 Å². The molecule has 2 aromatic carbocycles. The van der Waals surface area contributed by atoms with Gasteiger partial charge in [0.15, 0.2) is 9.84 Å². The van der Waals surface area contributed by atoms with Crippen molar-refractivity contribution in [3.05, 3.63) is 76.7 Å². The van der Waals surface area contributed by atoms with E-state index in [4.69, 9.17) is 9.47 Å². The Morgan fingerprint density at radius 3 is 2.44 bits per heavy atom. The van der Waals surface area contributed by atoms with E-state index < -0.39 is 9.84 Å². The maximum Gasteiger partial charge on any atom is 0.175 e. The number of hydrogen-bond donors (Lipinski definition) is 0. The molecule has 3 rings (SSSR count). The quantitative estimate of drug-likeness (QED) is 0.821. The van der Waals surface area contributed by atoms with E-state index in [0.717, 1.165) is 22.3 Å². The zero-order valence-electron chi connectivity index (χ0n) is 14.2. The number of rotatable bonds is 5. The molecule has 0 atom stereocenters. The maximum atomic E-state index is 12.1. The lowest BCUT2D eigenvalue weighted by Crippen LogP contribution is -2.10. The third kappa shape index (κ3) is 3.94. The second-order valence-corrected chi connectivity index (χ2v) is 7.71. The van der Waals surface area contributed by atoms with E-state index in [-0.39, 0.29) is 5.75 Å². The van der Waals surface area contributed by atoms with Crippen LogP contribution in [0.1, 0.15) is 11.1 Å². The SMILES string of the molecule is COc1ccc(CC2=CS(=O)(=O)CC=C2c2ccccc2)c(OC)c1. The zero-order chi connectivity index (χ0) is 17.9. The highest BCUT2D eigenvalue weighted by molar-refractivity contribution is 7.94. The van der Waals surface area contributed by atoms with Crippen molar-refractivity contribution in [3.63, 3.8) is 0 Å². The molecule has 5 heteroatoms. The van der Waals surface area contributed by atoms with Crippen molar-refractivity contribution in [2.45, 2.75) is 6.42 Å². The van der Waals surface area contributed by atoms with Crippen LogP contribution in [-0.4, -0.2) is 28.4 Å². The summed E-state index contributed by atoms with van der Waals surface area (Å²) in [6.45, 7) is 0. The second-order valence-electron chi connectivity index (χ2n) is 5.81. The van der Waals surface area contributed by atoms with Crippen LogP contribution in [0, 0.1) is 0 Å². The van der Waals surface area contributed by atoms with E-state index in [1.165, 1.54) is 5.41 Å². The summed E-state index contributed by atoms with van der Waals surface area (Å²) in [5.41, 5.74) is 3.64. The van der Waals surface area contributed by atoms with Crippen LogP contribution >= 0.6 is 0 Å². The van der Waals surface area contributed by atoms with Crippen LogP contribution in [0.3, 0.4) is 0 Å². The monoisotopic (exact) mass is 356 g/mol. The molecule has 2 aromatic rings. The molecule has 0 aromatic heterocycles. The third-order valence-corrected chi connectivity index (χ3v) is 5.42. The number of allylic oxidation sites excluding steroid dienone is 2. The molecule has 0 saturated heterocycles. The fraction of sp³-hybridized carbons (Fsp3) is 0.200. The molecule has 25 heavy (non-hydrogen) atoms. The minimum Gasteiger partial charge on any atom is -0.497 e. The molecule has 0 radical (unpaired) electrons. The van der Waals surface area contributed by atoms with Gasteiger partial charge >= 0.3 is 0 Å². The highest BCUT2D eigenvalue weighted by atomic mass is 32.2. The van der Waals surface area contributed by atoms with Crippen molar-refractivity contribution in [3.8, 4) is 11.5 Å². The summed E-state index contributed by atoms with van der Waals surface area (Å²) in [5, 5.41) is 1.39. The summed E-state index contributed by atoms with van der Waals surface area (Å²) in [4.78, 5) is 0. The summed E-state index contributed by atoms with van der Waals surface area (Å²) in [7, 11) is -0.0357. The van der Waals surface area contributed by atoms with Crippen LogP contribution in [0.25, 0.3) is 5.57 Å². The van der Waals surface area contributed by atoms with Gasteiger partial charge in [-0.3, -0.25) is 0 Å². The Hall–Kier alpha value is -2.53. The lowest BCUT2D eigenvalue weighted by molar-refractivity contribution is 0.391. The standard InChI is InChI=1S/C20H20O4S/c1-23-18-9-8-16(20(13-18)24-2)12-17-14-25(21,22)11-10-19(17)15-6-4-3-5-7-15/h3-10,13-14H,11-12H2,1-2H3. The fourth-order valence-electron chi connectivity index (χ4n) is 2.92. The van der Waals surface area contributed by atoms with Crippen molar-refractivity contribution < 1.29 is 17.9 Å². The van der Waals surface area contributed by atoms with Gasteiger partial charge in [0.05, 0.1) is 20.0 Å². The minimum atomic E-state index is -3.23. The topological polar surface area (TPSA) is 52.6 Å². The van der Waals surface area contributed by atoms with E-state index in [9.17, 15) is 8.42 Å². The second kappa shape index (κ2) is 7.15. The Labute approximate surface area is 148 Å². The molecule has 0 unspecified atom stereocenters. The van der Waals surface area contributed by atoms with E-state index in [0.29, 0.717) is 17.9 Å². The van der Waals surface area contributed by atoms with Gasteiger partial charge in [-0.25, -0.2) is 8.42 Å². The van der Waals surface area contributed by atoms with Crippen LogP contribution in [0.2, 0.25) is 0 Å². The smallest absolute Gasteiger partial charge is 0.175 e. The van der Waals surface area contributed by atoms with Gasteiger partial charge in [-0.05, 0) is 28.3 Å². The normalized spacial score (nSPS) is 15.9. The number of methoxy groups -OCH3 is 2. The summed E-state index contributed by atoms with van der Waals surface area (Å²) in [6, 6.07) is 15.4. The van der Waals surface area contributed by atoms with Gasteiger partial charge in [0.2, 0.25) is 0 Å². The summed E-state index contributed by atoms with van der Waals surface area (Å²) < 4.78 is 34.9. The third-order valence-electron chi connectivity index (χ3n) is 4.15. The molecule has 0 spiro atoms. The number of benzene rings is 2. The number of sulfone groups is 1. The molecule has 1 aliphatic heterocycles. The zero-order valence-corrected chi connectivity index (χ0v) is 15.0. The fourth-order valence-corrected chi connectivity index (χ4v) is 4.06. The summed E-state index contributed by atoms with van der Waals surface area (Å²) in [5.74, 6) is 1.40. The molecule has 0 N–H and O–H groups in total. The maximum absolute atomic E-state index is 12.1. The molecule has 130 valence electrons. The molecule has 0 aliphatic carbocycles. The van der Waals surface area contributed by atoms with Gasteiger partial charge in [-0.15, -0.1) is 0 Å². The molecule has 0 amide bonds. The first-order valence-corrected chi connectivity index (χ1v) is 9.64. The first kappa shape index (κ1) is 17.3. The van der Waals surface area contributed by atoms with Crippen LogP contribution in [0.5, 0.6) is 11.5 Å². The lowest BCUT2D eigenvalue weighted by atomic mass is 9.93. The predicted octanol–water partition coefficient (Wildman–Crippen LogP) is 3.64. The first-order chi connectivity index (χ1) is 12.0.